The summed E-state index contributed by atoms with van der Waals surface area (Å²) in [5, 5.41) is 9.36. The van der Waals surface area contributed by atoms with Crippen LogP contribution in [0.25, 0.3) is 0 Å². The van der Waals surface area contributed by atoms with Crippen molar-refractivity contribution in [1.82, 2.24) is 10.1 Å². The van der Waals surface area contributed by atoms with Gasteiger partial charge in [0, 0.05) is 24.9 Å². The zero-order valence-electron chi connectivity index (χ0n) is 18.2. The van der Waals surface area contributed by atoms with Gasteiger partial charge in [0.05, 0.1) is 12.8 Å². The lowest BCUT2D eigenvalue weighted by Crippen LogP contribution is -2.27. The minimum atomic E-state index is -0.626. The zero-order valence-corrected chi connectivity index (χ0v) is 18.2. The third-order valence-electron chi connectivity index (χ3n) is 3.90. The van der Waals surface area contributed by atoms with Crippen molar-refractivity contribution < 1.29 is 23.6 Å². The Morgan fingerprint density at radius 2 is 1.93 bits per heavy atom. The fraction of sp³-hybridized carbons (Fsp3) is 0.524. The number of aryl methyl sites for hydroxylation is 2. The average Bonchev–Trinajstić information content (AvgIpc) is 3.08. The molecule has 9 nitrogen and oxygen atoms in total. The molecule has 2 rings (SSSR count). The Labute approximate surface area is 176 Å². The molecule has 0 spiro atoms. The Morgan fingerprint density at radius 1 is 1.17 bits per heavy atom. The first kappa shape index (κ1) is 23.2. The van der Waals surface area contributed by atoms with E-state index in [2.05, 4.69) is 20.8 Å². The third kappa shape index (κ3) is 7.73. The van der Waals surface area contributed by atoms with E-state index in [4.69, 9.17) is 14.0 Å². The van der Waals surface area contributed by atoms with E-state index in [-0.39, 0.29) is 5.91 Å². The Hall–Kier alpha value is -3.10. The van der Waals surface area contributed by atoms with Crippen LogP contribution in [0.1, 0.15) is 58.7 Å². The molecular weight excluding hydrogens is 388 g/mol. The Bertz CT molecular complexity index is 857. The van der Waals surface area contributed by atoms with Crippen molar-refractivity contribution in [2.75, 3.05) is 17.7 Å². The molecule has 1 aromatic heterocycles. The lowest BCUT2D eigenvalue weighted by atomic mass is 10.2. The van der Waals surface area contributed by atoms with E-state index in [0.29, 0.717) is 48.1 Å². The summed E-state index contributed by atoms with van der Waals surface area (Å²) in [6.45, 7) is 7.38. The molecule has 0 saturated heterocycles. The first-order valence-corrected chi connectivity index (χ1v) is 9.99. The maximum Gasteiger partial charge on any atom is 0.412 e. The van der Waals surface area contributed by atoms with Crippen LogP contribution in [0.15, 0.2) is 22.7 Å². The van der Waals surface area contributed by atoms with E-state index in [1.54, 1.807) is 39.0 Å². The lowest BCUT2D eigenvalue weighted by Gasteiger charge is -2.20. The molecule has 0 aliphatic rings. The largest absolute Gasteiger partial charge is 0.495 e. The fourth-order valence-corrected chi connectivity index (χ4v) is 2.64. The number of rotatable bonds is 9. The summed E-state index contributed by atoms with van der Waals surface area (Å²) < 4.78 is 15.7. The van der Waals surface area contributed by atoms with Crippen LogP contribution in [-0.4, -0.2) is 34.9 Å². The van der Waals surface area contributed by atoms with E-state index in [0.717, 1.165) is 12.8 Å². The fourth-order valence-electron chi connectivity index (χ4n) is 2.64. The number of hydrogen-bond acceptors (Lipinski definition) is 7. The molecule has 0 saturated carbocycles. The van der Waals surface area contributed by atoms with Crippen molar-refractivity contribution in [1.29, 1.82) is 0 Å². The van der Waals surface area contributed by atoms with E-state index in [9.17, 15) is 9.59 Å². The topological polar surface area (TPSA) is 116 Å². The second-order valence-electron chi connectivity index (χ2n) is 7.80. The summed E-state index contributed by atoms with van der Waals surface area (Å²) in [4.78, 5) is 28.6. The highest BCUT2D eigenvalue weighted by Gasteiger charge is 2.18. The Kier molecular flexibility index (Phi) is 8.20. The molecule has 0 unspecified atom stereocenters. The molecule has 2 N–H and O–H groups in total. The number of hydrogen-bond donors (Lipinski definition) is 2. The van der Waals surface area contributed by atoms with Crippen molar-refractivity contribution in [3.8, 4) is 5.75 Å². The molecule has 0 atom stereocenters. The van der Waals surface area contributed by atoms with Gasteiger partial charge in [-0.3, -0.25) is 10.1 Å². The normalized spacial score (nSPS) is 11.1. The molecule has 9 heteroatoms. The van der Waals surface area contributed by atoms with Crippen LogP contribution in [0, 0.1) is 0 Å². The summed E-state index contributed by atoms with van der Waals surface area (Å²) in [6.07, 6.45) is 2.55. The standard InChI is InChI=1S/C21H30N4O5/c1-6-8-17-24-19(30-25-17)10-7-9-18(26)22-14-11-12-16(28-5)15(13-14)23-20(27)29-21(2,3)4/h11-13H,6-10H2,1-5H3,(H,22,26)(H,23,27). The van der Waals surface area contributed by atoms with Crippen LogP contribution in [0.3, 0.4) is 0 Å². The summed E-state index contributed by atoms with van der Waals surface area (Å²) in [5.74, 6) is 1.54. The van der Waals surface area contributed by atoms with Crippen LogP contribution >= 0.6 is 0 Å². The minimum Gasteiger partial charge on any atom is -0.495 e. The van der Waals surface area contributed by atoms with Gasteiger partial charge in [0.2, 0.25) is 11.8 Å². The van der Waals surface area contributed by atoms with Gasteiger partial charge in [-0.1, -0.05) is 12.1 Å². The molecule has 164 valence electrons. The molecule has 0 radical (unpaired) electrons. The molecular formula is C21H30N4O5. The van der Waals surface area contributed by atoms with Gasteiger partial charge in [0.25, 0.3) is 0 Å². The number of amides is 2. The number of aromatic nitrogens is 2. The first-order chi connectivity index (χ1) is 14.2. The Morgan fingerprint density at radius 3 is 2.60 bits per heavy atom. The third-order valence-corrected chi connectivity index (χ3v) is 3.90. The van der Waals surface area contributed by atoms with Crippen molar-refractivity contribution in [3.63, 3.8) is 0 Å². The van der Waals surface area contributed by atoms with Crippen molar-refractivity contribution in [2.45, 2.75) is 65.4 Å². The summed E-state index contributed by atoms with van der Waals surface area (Å²) in [7, 11) is 1.50. The van der Waals surface area contributed by atoms with E-state index >= 15 is 0 Å². The van der Waals surface area contributed by atoms with Gasteiger partial charge in [-0.2, -0.15) is 4.98 Å². The molecule has 0 bridgehead atoms. The number of carbonyl (C=O) groups excluding carboxylic acids is 2. The van der Waals surface area contributed by atoms with Crippen LogP contribution in [-0.2, 0) is 22.4 Å². The molecule has 30 heavy (non-hydrogen) atoms. The molecule has 0 fully saturated rings. The minimum absolute atomic E-state index is 0.156. The summed E-state index contributed by atoms with van der Waals surface area (Å²) in [5.41, 5.74) is 0.312. The van der Waals surface area contributed by atoms with E-state index < -0.39 is 11.7 Å². The highest BCUT2D eigenvalue weighted by molar-refractivity contribution is 5.93. The maximum atomic E-state index is 12.3. The van der Waals surface area contributed by atoms with E-state index in [1.807, 2.05) is 6.92 Å². The van der Waals surface area contributed by atoms with Gasteiger partial charge in [-0.05, 0) is 51.8 Å². The molecule has 0 aliphatic carbocycles. The average molecular weight is 418 g/mol. The van der Waals surface area contributed by atoms with Gasteiger partial charge in [0.15, 0.2) is 5.82 Å². The van der Waals surface area contributed by atoms with Crippen molar-refractivity contribution in [2.24, 2.45) is 0 Å². The predicted molar refractivity (Wildman–Crippen MR) is 113 cm³/mol. The van der Waals surface area contributed by atoms with Crippen LogP contribution in [0.4, 0.5) is 16.2 Å². The SMILES string of the molecule is CCCc1noc(CCCC(=O)Nc2ccc(OC)c(NC(=O)OC(C)(C)C)c2)n1. The number of anilines is 2. The number of nitrogens with zero attached hydrogens (tertiary/aromatic N) is 2. The van der Waals surface area contributed by atoms with Crippen molar-refractivity contribution >= 4 is 23.4 Å². The first-order valence-electron chi connectivity index (χ1n) is 9.99. The quantitative estimate of drug-likeness (QED) is 0.622. The van der Waals surface area contributed by atoms with Gasteiger partial charge < -0.3 is 19.3 Å². The smallest absolute Gasteiger partial charge is 0.412 e. The lowest BCUT2D eigenvalue weighted by molar-refractivity contribution is -0.116. The summed E-state index contributed by atoms with van der Waals surface area (Å²) in [6, 6.07) is 4.98. The number of benzene rings is 1. The molecule has 1 aromatic carbocycles. The number of ether oxygens (including phenoxy) is 2. The maximum absolute atomic E-state index is 12.3. The van der Waals surface area contributed by atoms with Crippen LogP contribution in [0.2, 0.25) is 0 Å². The second-order valence-corrected chi connectivity index (χ2v) is 7.80. The predicted octanol–water partition coefficient (Wildman–Crippen LogP) is 4.34. The molecule has 2 amide bonds. The van der Waals surface area contributed by atoms with Gasteiger partial charge in [0.1, 0.15) is 11.4 Å². The van der Waals surface area contributed by atoms with E-state index in [1.165, 1.54) is 7.11 Å². The molecule has 2 aromatic rings. The monoisotopic (exact) mass is 418 g/mol. The highest BCUT2D eigenvalue weighted by atomic mass is 16.6. The number of carbonyl (C=O) groups is 2. The number of methoxy groups -OCH3 is 1. The summed E-state index contributed by atoms with van der Waals surface area (Å²) >= 11 is 0. The molecule has 1 heterocycles. The Balaban J connectivity index is 1.90. The highest BCUT2D eigenvalue weighted by Crippen LogP contribution is 2.28. The number of nitrogens with one attached hydrogen (secondary N) is 2. The van der Waals surface area contributed by atoms with Crippen LogP contribution in [0.5, 0.6) is 5.75 Å². The van der Waals surface area contributed by atoms with Crippen molar-refractivity contribution in [3.05, 3.63) is 29.9 Å². The van der Waals surface area contributed by atoms with Crippen LogP contribution < -0.4 is 15.4 Å². The van der Waals surface area contributed by atoms with Gasteiger partial charge in [-0.25, -0.2) is 4.79 Å². The molecule has 0 aliphatic heterocycles. The zero-order chi connectivity index (χ0) is 22.1. The van der Waals surface area contributed by atoms with Gasteiger partial charge in [-0.15, -0.1) is 0 Å². The van der Waals surface area contributed by atoms with Gasteiger partial charge >= 0.3 is 6.09 Å². The second kappa shape index (κ2) is 10.6.